The van der Waals surface area contributed by atoms with Crippen LogP contribution in [0.2, 0.25) is 5.02 Å². The Morgan fingerprint density at radius 3 is 2.42 bits per heavy atom. The van der Waals surface area contributed by atoms with E-state index in [1.807, 2.05) is 33.0 Å². The number of benzene rings is 2. The fourth-order valence-electron chi connectivity index (χ4n) is 7.84. The third-order valence-electron chi connectivity index (χ3n) is 12.1. The van der Waals surface area contributed by atoms with E-state index in [9.17, 15) is 29.1 Å². The number of amides is 2. The predicted octanol–water partition coefficient (Wildman–Crippen LogP) is 9.14. The zero-order valence-electron chi connectivity index (χ0n) is 44.8. The van der Waals surface area contributed by atoms with Crippen LogP contribution in [0.1, 0.15) is 98.7 Å². The third kappa shape index (κ3) is 17.5. The average molecular weight is 1120 g/mol. The maximum atomic E-state index is 15.5. The zero-order valence-corrected chi connectivity index (χ0v) is 45.6. The number of aryl methyl sites for hydroxylation is 2. The Morgan fingerprint density at radius 1 is 0.887 bits per heavy atom. The molecular weight excluding hydrogens is 1060 g/mol. The largest absolute Gasteiger partial charge is 0.484 e. The van der Waals surface area contributed by atoms with Crippen LogP contribution in [0.5, 0.6) is 23.4 Å². The van der Waals surface area contributed by atoms with Crippen molar-refractivity contribution >= 4 is 46.1 Å². The smallest absolute Gasteiger partial charge is 0.326 e. The Morgan fingerprint density at radius 2 is 1.68 bits per heavy atom. The van der Waals surface area contributed by atoms with E-state index in [0.29, 0.717) is 79.8 Å². The van der Waals surface area contributed by atoms with E-state index in [4.69, 9.17) is 35.3 Å². The van der Waals surface area contributed by atoms with E-state index < -0.39 is 35.6 Å². The third-order valence-corrected chi connectivity index (χ3v) is 12.6. The molecule has 2 amide bonds. The van der Waals surface area contributed by atoms with Gasteiger partial charge in [-0.05, 0) is 87.8 Å². The number of carboxylic acids is 1. The van der Waals surface area contributed by atoms with Crippen LogP contribution < -0.4 is 30.2 Å². The van der Waals surface area contributed by atoms with Crippen molar-refractivity contribution in [2.24, 2.45) is 5.41 Å². The molecule has 0 fully saturated rings. The zero-order chi connectivity index (χ0) is 57.2. The number of nitrogens with zero attached hydrogens (tertiary/aromatic N) is 9. The van der Waals surface area contributed by atoms with Gasteiger partial charge in [0.1, 0.15) is 40.3 Å². The molecule has 24 heteroatoms. The van der Waals surface area contributed by atoms with Crippen LogP contribution in [0.15, 0.2) is 85.5 Å². The molecule has 4 N–H and O–H groups in total. The first kappa shape index (κ1) is 59.2. The summed E-state index contributed by atoms with van der Waals surface area (Å²) in [5.41, 5.74) is 2.80. The van der Waals surface area contributed by atoms with Gasteiger partial charge in [0.25, 0.3) is 11.8 Å². The van der Waals surface area contributed by atoms with Crippen LogP contribution in [0.3, 0.4) is 0 Å². The molecule has 2 atom stereocenters. The summed E-state index contributed by atoms with van der Waals surface area (Å²) in [6, 6.07) is 15.4. The Labute approximate surface area is 465 Å². The van der Waals surface area contributed by atoms with Gasteiger partial charge in [-0.15, -0.1) is 5.10 Å². The number of ether oxygens (including phenoxy) is 5. The number of carbonyl (C=O) groups is 3. The number of carboxylic acid groups (broad SMARTS) is 1. The number of hydrogen-bond acceptors (Lipinski definition) is 17. The van der Waals surface area contributed by atoms with E-state index in [2.05, 4.69) is 51.2 Å². The van der Waals surface area contributed by atoms with Crippen molar-refractivity contribution < 1.29 is 52.0 Å². The van der Waals surface area contributed by atoms with Crippen LogP contribution in [-0.2, 0) is 32.2 Å². The molecule has 7 rings (SSSR count). The fraction of sp³-hybridized carbons (Fsp3) is 0.375. The molecule has 2 aromatic carbocycles. The highest BCUT2D eigenvalue weighted by molar-refractivity contribution is 6.35. The number of nitriles is 1. The fourth-order valence-corrected chi connectivity index (χ4v) is 8.02. The second-order valence-corrected chi connectivity index (χ2v) is 20.0. The van der Waals surface area contributed by atoms with E-state index in [0.717, 1.165) is 12.8 Å². The van der Waals surface area contributed by atoms with Gasteiger partial charge in [-0.25, -0.2) is 38.5 Å². The van der Waals surface area contributed by atoms with Gasteiger partial charge in [-0.2, -0.15) is 5.26 Å². The van der Waals surface area contributed by atoms with Crippen molar-refractivity contribution in [3.63, 3.8) is 0 Å². The summed E-state index contributed by atoms with van der Waals surface area (Å²) >= 11 is 6.68. The van der Waals surface area contributed by atoms with Gasteiger partial charge < -0.3 is 44.7 Å². The van der Waals surface area contributed by atoms with Gasteiger partial charge in [0.05, 0.1) is 84.4 Å². The summed E-state index contributed by atoms with van der Waals surface area (Å²) in [5, 5.41) is 36.0. The molecule has 1 unspecified atom stereocenters. The number of aromatic nitrogens is 8. The minimum absolute atomic E-state index is 0.0420. The molecule has 0 radical (unpaired) electrons. The SMILES string of the molecule is Cc1nc2cc(F)c(-c3cnc(OCCCCCn4cc(COCCOCCNC(=O)COc5cccc(Oc6ccc(C(=O)NC(CCC(C)(C)C)C(=O)O)cn6)c5)nn4)nc3)nc2c(N[C@H](C)c2cc(C#N)ccc2F)c1Cl. The highest BCUT2D eigenvalue weighted by atomic mass is 35.5. The van der Waals surface area contributed by atoms with Crippen molar-refractivity contribution in [1.29, 1.82) is 5.26 Å². The summed E-state index contributed by atoms with van der Waals surface area (Å²) in [4.78, 5) is 58.5. The highest BCUT2D eigenvalue weighted by Gasteiger charge is 2.24. The summed E-state index contributed by atoms with van der Waals surface area (Å²) in [6.45, 7) is 11.5. The molecule has 0 bridgehead atoms. The van der Waals surface area contributed by atoms with Crippen LogP contribution in [0.25, 0.3) is 22.3 Å². The lowest BCUT2D eigenvalue weighted by molar-refractivity contribution is -0.139. The molecule has 0 spiro atoms. The lowest BCUT2D eigenvalue weighted by atomic mass is 9.88. The minimum atomic E-state index is -1.10. The van der Waals surface area contributed by atoms with Crippen molar-refractivity contribution in [1.82, 2.24) is 50.5 Å². The monoisotopic (exact) mass is 1120 g/mol. The molecule has 80 heavy (non-hydrogen) atoms. The van der Waals surface area contributed by atoms with Gasteiger partial charge >= 0.3 is 12.0 Å². The molecule has 0 saturated carbocycles. The standard InChI is InChI=1S/C56H61ClF2N12O9/c1-34(42-24-36(27-60)12-14-43(42)58)66-52-49(57)35(2)65-46-26-44(59)50(68-51(46)52)38-29-63-55(64-30-38)78-20-8-6-7-19-71-31-39(69-70-71)32-77-23-22-76-21-18-61-47(72)33-79-40-10-9-11-41(25-40)80-48-15-13-37(28-62-48)53(73)67-45(54(74)75)16-17-56(3,4)5/h9-15,24-26,28-31,34,45H,6-8,16-23,32-33H2,1-5H3,(H,61,72)(H,65,66)(H,67,73)(H,74,75)/t34-,45?/m1/s1. The number of fused-ring (bicyclic) bond motifs is 1. The molecule has 7 aromatic rings. The molecule has 0 aliphatic carbocycles. The number of aliphatic carboxylic acids is 1. The summed E-state index contributed by atoms with van der Waals surface area (Å²) in [7, 11) is 0. The molecule has 0 saturated heterocycles. The summed E-state index contributed by atoms with van der Waals surface area (Å²) in [5.74, 6) is -2.20. The first-order chi connectivity index (χ1) is 38.4. The number of nitrogens with one attached hydrogen (secondary N) is 3. The van der Waals surface area contributed by atoms with Crippen LogP contribution >= 0.6 is 11.6 Å². The van der Waals surface area contributed by atoms with Gasteiger partial charge in [0, 0.05) is 61.0 Å². The summed E-state index contributed by atoms with van der Waals surface area (Å²) < 4.78 is 60.5. The molecule has 5 heterocycles. The van der Waals surface area contributed by atoms with Gasteiger partial charge in [-0.1, -0.05) is 43.7 Å². The molecule has 21 nitrogen and oxygen atoms in total. The first-order valence-corrected chi connectivity index (χ1v) is 26.1. The lowest BCUT2D eigenvalue weighted by Crippen LogP contribution is -2.41. The normalized spacial score (nSPS) is 12.1. The van der Waals surface area contributed by atoms with Crippen LogP contribution in [0, 0.1) is 35.3 Å². The number of hydrogen-bond donors (Lipinski definition) is 4. The van der Waals surface area contributed by atoms with Gasteiger partial charge in [-0.3, -0.25) is 14.3 Å². The quantitative estimate of drug-likeness (QED) is 0.0318. The first-order valence-electron chi connectivity index (χ1n) is 25.7. The summed E-state index contributed by atoms with van der Waals surface area (Å²) in [6.07, 6.45) is 9.21. The maximum Gasteiger partial charge on any atom is 0.326 e. The molecule has 0 aliphatic heterocycles. The van der Waals surface area contributed by atoms with Crippen molar-refractivity contribution in [2.75, 3.05) is 44.9 Å². The molecule has 420 valence electrons. The topological polar surface area (TPSA) is 273 Å². The Kier molecular flexibility index (Phi) is 21.0. The number of pyridine rings is 3. The maximum absolute atomic E-state index is 15.5. The number of rotatable bonds is 29. The highest BCUT2D eigenvalue weighted by Crippen LogP contribution is 2.37. The molecule has 5 aromatic heterocycles. The molecular formula is C56H61ClF2N12O9. The van der Waals surface area contributed by atoms with Crippen LogP contribution in [-0.4, -0.2) is 108 Å². The van der Waals surface area contributed by atoms with E-state index in [-0.39, 0.29) is 88.0 Å². The molecule has 0 aliphatic rings. The van der Waals surface area contributed by atoms with Crippen molar-refractivity contribution in [2.45, 2.75) is 92.0 Å². The van der Waals surface area contributed by atoms with E-state index >= 15 is 4.39 Å². The van der Waals surface area contributed by atoms with Crippen LogP contribution in [0.4, 0.5) is 14.5 Å². The number of halogens is 3. The second kappa shape index (κ2) is 28.4. The van der Waals surface area contributed by atoms with Crippen molar-refractivity contribution in [3.8, 4) is 40.7 Å². The van der Waals surface area contributed by atoms with Gasteiger partial charge in [0.15, 0.2) is 12.4 Å². The number of unbranched alkanes of at least 4 members (excludes halogenated alkanes) is 2. The predicted molar refractivity (Wildman–Crippen MR) is 290 cm³/mol. The van der Waals surface area contributed by atoms with E-state index in [1.165, 1.54) is 55.0 Å². The van der Waals surface area contributed by atoms with E-state index in [1.54, 1.807) is 42.8 Å². The Balaban J connectivity index is 0.732. The average Bonchev–Trinajstić information content (AvgIpc) is 3.91. The second-order valence-electron chi connectivity index (χ2n) is 19.7. The number of anilines is 1. The van der Waals surface area contributed by atoms with Gasteiger partial charge in [0.2, 0.25) is 5.88 Å². The Bertz CT molecular complexity index is 3290. The minimum Gasteiger partial charge on any atom is -0.484 e. The Hall–Kier alpha value is -8.46. The lowest BCUT2D eigenvalue weighted by Gasteiger charge is -2.21. The number of carbonyl (C=O) groups excluding carboxylic acids is 2. The van der Waals surface area contributed by atoms with Crippen molar-refractivity contribution in [3.05, 3.63) is 130 Å².